The quantitative estimate of drug-likeness (QED) is 0.829. The lowest BCUT2D eigenvalue weighted by atomic mass is 9.99. The Morgan fingerprint density at radius 3 is 2.46 bits per heavy atom. The van der Waals surface area contributed by atoms with Crippen LogP contribution in [0.5, 0.6) is 0 Å². The summed E-state index contributed by atoms with van der Waals surface area (Å²) in [5.41, 5.74) is 1.46. The molecule has 1 amide bonds. The Bertz CT molecular complexity index is 703. The van der Waals surface area contributed by atoms with E-state index in [0.29, 0.717) is 12.0 Å². The first-order chi connectivity index (χ1) is 11.5. The molecular weight excluding hydrogens is 309 g/mol. The van der Waals surface area contributed by atoms with Crippen molar-refractivity contribution in [2.24, 2.45) is 0 Å². The Hall–Kier alpha value is -2.69. The molecule has 1 N–H and O–H groups in total. The maximum atomic E-state index is 13.3. The summed E-state index contributed by atoms with van der Waals surface area (Å²) in [7, 11) is 1.28. The van der Waals surface area contributed by atoms with Crippen LogP contribution in [0.25, 0.3) is 0 Å². The molecule has 2 aromatic rings. The van der Waals surface area contributed by atoms with Gasteiger partial charge in [0.2, 0.25) is 5.91 Å². The van der Waals surface area contributed by atoms with E-state index in [2.05, 4.69) is 5.32 Å². The molecule has 0 aromatic heterocycles. The van der Waals surface area contributed by atoms with Gasteiger partial charge >= 0.3 is 5.97 Å². The molecule has 0 radical (unpaired) electrons. The van der Waals surface area contributed by atoms with Crippen LogP contribution < -0.4 is 5.32 Å². The van der Waals surface area contributed by atoms with Crippen LogP contribution in [0, 0.1) is 5.82 Å². The van der Waals surface area contributed by atoms with Crippen LogP contribution in [-0.2, 0) is 20.7 Å². The van der Waals surface area contributed by atoms with Gasteiger partial charge in [0.15, 0.2) is 0 Å². The molecule has 0 saturated carbocycles. The molecule has 0 bridgehead atoms. The number of ether oxygens (including phenoxy) is 1. The third-order valence-electron chi connectivity index (χ3n) is 3.83. The van der Waals surface area contributed by atoms with E-state index in [-0.39, 0.29) is 5.91 Å². The second-order valence-corrected chi connectivity index (χ2v) is 5.55. The summed E-state index contributed by atoms with van der Waals surface area (Å²) < 4.78 is 18.1. The summed E-state index contributed by atoms with van der Waals surface area (Å²) in [6.07, 6.45) is 0.328. The fourth-order valence-electron chi connectivity index (χ4n) is 2.41. The number of amides is 1. The molecule has 24 heavy (non-hydrogen) atoms. The van der Waals surface area contributed by atoms with Gasteiger partial charge in [0.05, 0.1) is 13.0 Å². The lowest BCUT2D eigenvalue weighted by molar-refractivity contribution is -0.145. The summed E-state index contributed by atoms with van der Waals surface area (Å²) in [6.45, 7) is 1.67. The summed E-state index contributed by atoms with van der Waals surface area (Å²) in [4.78, 5) is 24.4. The van der Waals surface area contributed by atoms with Gasteiger partial charge in [0.25, 0.3) is 0 Å². The zero-order valence-electron chi connectivity index (χ0n) is 13.7. The van der Waals surface area contributed by atoms with Gasteiger partial charge in [-0.05, 0) is 30.2 Å². The minimum atomic E-state index is -0.791. The monoisotopic (exact) mass is 329 g/mol. The van der Waals surface area contributed by atoms with E-state index in [1.54, 1.807) is 19.1 Å². The Kier molecular flexibility index (Phi) is 6.07. The molecule has 2 aromatic carbocycles. The SMILES string of the molecule is COC(=O)[C@H](Cc1ccccc1)NC(=O)[C@H](C)c1cccc(F)c1. The summed E-state index contributed by atoms with van der Waals surface area (Å²) in [5.74, 6) is -1.85. The normalized spacial score (nSPS) is 13.0. The van der Waals surface area contributed by atoms with Gasteiger partial charge in [-0.25, -0.2) is 9.18 Å². The molecule has 2 atom stereocenters. The zero-order chi connectivity index (χ0) is 17.5. The highest BCUT2D eigenvalue weighted by atomic mass is 19.1. The van der Waals surface area contributed by atoms with Crippen LogP contribution in [0.1, 0.15) is 24.0 Å². The Balaban J connectivity index is 2.10. The summed E-state index contributed by atoms with van der Waals surface area (Å²) in [6, 6.07) is 14.4. The van der Waals surface area contributed by atoms with Crippen molar-refractivity contribution in [1.82, 2.24) is 5.32 Å². The maximum absolute atomic E-state index is 13.3. The number of esters is 1. The number of methoxy groups -OCH3 is 1. The van der Waals surface area contributed by atoms with Crippen LogP contribution in [0.4, 0.5) is 4.39 Å². The number of hydrogen-bond donors (Lipinski definition) is 1. The average molecular weight is 329 g/mol. The van der Waals surface area contributed by atoms with Crippen molar-refractivity contribution in [3.63, 3.8) is 0 Å². The fourth-order valence-corrected chi connectivity index (χ4v) is 2.41. The number of hydrogen-bond acceptors (Lipinski definition) is 3. The second-order valence-electron chi connectivity index (χ2n) is 5.55. The van der Waals surface area contributed by atoms with Crippen LogP contribution >= 0.6 is 0 Å². The van der Waals surface area contributed by atoms with Crippen LogP contribution in [-0.4, -0.2) is 25.0 Å². The molecule has 0 aliphatic rings. The molecular formula is C19H20FNO3. The predicted octanol–water partition coefficient (Wildman–Crippen LogP) is 2.83. The van der Waals surface area contributed by atoms with Crippen molar-refractivity contribution in [2.75, 3.05) is 7.11 Å². The van der Waals surface area contributed by atoms with Crippen molar-refractivity contribution < 1.29 is 18.7 Å². The van der Waals surface area contributed by atoms with E-state index in [1.165, 1.54) is 19.2 Å². The molecule has 0 saturated heterocycles. The van der Waals surface area contributed by atoms with E-state index in [1.807, 2.05) is 30.3 Å². The Morgan fingerprint density at radius 1 is 1.12 bits per heavy atom. The third kappa shape index (κ3) is 4.65. The van der Waals surface area contributed by atoms with E-state index >= 15 is 0 Å². The van der Waals surface area contributed by atoms with Gasteiger partial charge in [-0.3, -0.25) is 4.79 Å². The molecule has 4 nitrogen and oxygen atoms in total. The first-order valence-corrected chi connectivity index (χ1v) is 7.69. The first-order valence-electron chi connectivity index (χ1n) is 7.69. The summed E-state index contributed by atoms with van der Waals surface area (Å²) in [5, 5.41) is 2.70. The van der Waals surface area contributed by atoms with Gasteiger partial charge < -0.3 is 10.1 Å². The van der Waals surface area contributed by atoms with Crippen LogP contribution in [0.15, 0.2) is 54.6 Å². The number of rotatable bonds is 6. The Morgan fingerprint density at radius 2 is 1.83 bits per heavy atom. The highest BCUT2D eigenvalue weighted by Crippen LogP contribution is 2.17. The molecule has 0 fully saturated rings. The molecule has 126 valence electrons. The second kappa shape index (κ2) is 8.24. The highest BCUT2D eigenvalue weighted by molar-refractivity contribution is 5.88. The predicted molar refractivity (Wildman–Crippen MR) is 88.9 cm³/mol. The van der Waals surface area contributed by atoms with Crippen molar-refractivity contribution >= 4 is 11.9 Å². The highest BCUT2D eigenvalue weighted by Gasteiger charge is 2.25. The van der Waals surface area contributed by atoms with Crippen molar-refractivity contribution in [3.8, 4) is 0 Å². The molecule has 5 heteroatoms. The molecule has 0 heterocycles. The number of nitrogens with one attached hydrogen (secondary N) is 1. The minimum absolute atomic E-state index is 0.328. The molecule has 0 unspecified atom stereocenters. The molecule has 0 aliphatic carbocycles. The van der Waals surface area contributed by atoms with Crippen molar-refractivity contribution in [3.05, 3.63) is 71.5 Å². The molecule has 2 rings (SSSR count). The first kappa shape index (κ1) is 17.7. The van der Waals surface area contributed by atoms with Gasteiger partial charge in [0, 0.05) is 6.42 Å². The number of carbonyl (C=O) groups is 2. The lowest BCUT2D eigenvalue weighted by Gasteiger charge is -2.19. The van der Waals surface area contributed by atoms with E-state index in [4.69, 9.17) is 4.74 Å². The minimum Gasteiger partial charge on any atom is -0.467 e. The smallest absolute Gasteiger partial charge is 0.328 e. The van der Waals surface area contributed by atoms with E-state index in [9.17, 15) is 14.0 Å². The number of benzene rings is 2. The van der Waals surface area contributed by atoms with Crippen molar-refractivity contribution in [1.29, 1.82) is 0 Å². The zero-order valence-corrected chi connectivity index (χ0v) is 13.7. The Labute approximate surface area is 140 Å². The van der Waals surface area contributed by atoms with Crippen LogP contribution in [0.2, 0.25) is 0 Å². The lowest BCUT2D eigenvalue weighted by Crippen LogP contribution is -2.44. The van der Waals surface area contributed by atoms with E-state index in [0.717, 1.165) is 5.56 Å². The molecule has 0 spiro atoms. The summed E-state index contributed by atoms with van der Waals surface area (Å²) >= 11 is 0. The average Bonchev–Trinajstić information content (AvgIpc) is 2.60. The molecule has 0 aliphatic heterocycles. The topological polar surface area (TPSA) is 55.4 Å². The number of halogens is 1. The third-order valence-corrected chi connectivity index (χ3v) is 3.83. The van der Waals surface area contributed by atoms with Crippen LogP contribution in [0.3, 0.4) is 0 Å². The largest absolute Gasteiger partial charge is 0.467 e. The van der Waals surface area contributed by atoms with Gasteiger partial charge in [-0.15, -0.1) is 0 Å². The van der Waals surface area contributed by atoms with Gasteiger partial charge in [-0.1, -0.05) is 42.5 Å². The maximum Gasteiger partial charge on any atom is 0.328 e. The van der Waals surface area contributed by atoms with Crippen molar-refractivity contribution in [2.45, 2.75) is 25.3 Å². The van der Waals surface area contributed by atoms with E-state index < -0.39 is 23.7 Å². The fraction of sp³-hybridized carbons (Fsp3) is 0.263. The van der Waals surface area contributed by atoms with Gasteiger partial charge in [0.1, 0.15) is 11.9 Å². The number of carbonyl (C=O) groups excluding carboxylic acids is 2. The standard InChI is InChI=1S/C19H20FNO3/c1-13(15-9-6-10-16(20)12-15)18(22)21-17(19(23)24-2)11-14-7-4-3-5-8-14/h3-10,12-13,17H,11H2,1-2H3,(H,21,22)/t13-,17+/m1/s1. The van der Waals surface area contributed by atoms with Gasteiger partial charge in [-0.2, -0.15) is 0 Å².